The zero-order chi connectivity index (χ0) is 23.4. The minimum absolute atomic E-state index is 0.0741. The molecule has 0 bridgehead atoms. The van der Waals surface area contributed by atoms with E-state index < -0.39 is 0 Å². The van der Waals surface area contributed by atoms with E-state index in [-0.39, 0.29) is 30.4 Å². The number of fused-ring (bicyclic) bond motifs is 1. The van der Waals surface area contributed by atoms with E-state index >= 15 is 0 Å². The number of ether oxygens (including phenoxy) is 2. The lowest BCUT2D eigenvalue weighted by Gasteiger charge is -2.23. The van der Waals surface area contributed by atoms with E-state index in [1.54, 1.807) is 73.7 Å². The van der Waals surface area contributed by atoms with Gasteiger partial charge in [0, 0.05) is 28.6 Å². The summed E-state index contributed by atoms with van der Waals surface area (Å²) in [5.41, 5.74) is 2.03. The molecule has 0 aliphatic heterocycles. The molecule has 6 nitrogen and oxygen atoms in total. The molecule has 7 heteroatoms. The highest BCUT2D eigenvalue weighted by atomic mass is 19.1. The van der Waals surface area contributed by atoms with Crippen molar-refractivity contribution >= 4 is 16.8 Å². The van der Waals surface area contributed by atoms with E-state index in [0.717, 1.165) is 10.9 Å². The quantitative estimate of drug-likeness (QED) is 0.453. The average Bonchev–Trinajstić information content (AvgIpc) is 2.84. The number of hydrogen-bond donors (Lipinski definition) is 1. The van der Waals surface area contributed by atoms with Crippen LogP contribution in [0.25, 0.3) is 10.9 Å². The predicted octanol–water partition coefficient (Wildman–Crippen LogP) is 4.53. The maximum atomic E-state index is 13.4. The lowest BCUT2D eigenvalue weighted by molar-refractivity contribution is 0.0729. The molecule has 0 fully saturated rings. The van der Waals surface area contributed by atoms with E-state index in [1.807, 2.05) is 6.07 Å². The van der Waals surface area contributed by atoms with Crippen LogP contribution in [0.4, 0.5) is 4.39 Å². The third kappa shape index (κ3) is 5.03. The van der Waals surface area contributed by atoms with Crippen molar-refractivity contribution in [1.29, 1.82) is 0 Å². The number of carbonyl (C=O) groups is 1. The molecule has 0 aliphatic carbocycles. The minimum atomic E-state index is -0.355. The maximum absolute atomic E-state index is 13.4. The second kappa shape index (κ2) is 9.56. The summed E-state index contributed by atoms with van der Waals surface area (Å²) >= 11 is 0. The molecule has 0 saturated carbocycles. The number of nitrogens with zero attached hydrogens (tertiary/aromatic N) is 1. The number of benzene rings is 3. The van der Waals surface area contributed by atoms with Crippen LogP contribution in [-0.2, 0) is 13.1 Å². The average molecular weight is 446 g/mol. The highest BCUT2D eigenvalue weighted by Crippen LogP contribution is 2.21. The highest BCUT2D eigenvalue weighted by molar-refractivity contribution is 5.94. The van der Waals surface area contributed by atoms with Crippen molar-refractivity contribution in [3.05, 3.63) is 106 Å². The summed E-state index contributed by atoms with van der Waals surface area (Å²) in [7, 11) is 3.13. The van der Waals surface area contributed by atoms with Crippen molar-refractivity contribution in [2.24, 2.45) is 0 Å². The molecule has 0 unspecified atom stereocenters. The SMILES string of the molecule is COc1ccc(C(=O)N(Cc2ccc(F)cc2)Cc2cc3cc(OC)ccc3[nH]c2=O)cc1. The molecule has 0 spiro atoms. The van der Waals surface area contributed by atoms with Crippen LogP contribution in [0.3, 0.4) is 0 Å². The molecule has 4 rings (SSSR count). The lowest BCUT2D eigenvalue weighted by atomic mass is 10.1. The first-order valence-corrected chi connectivity index (χ1v) is 10.3. The summed E-state index contributed by atoms with van der Waals surface area (Å²) in [4.78, 5) is 30.6. The van der Waals surface area contributed by atoms with E-state index in [2.05, 4.69) is 4.98 Å². The van der Waals surface area contributed by atoms with Gasteiger partial charge in [-0.1, -0.05) is 12.1 Å². The Labute approximate surface area is 190 Å². The number of rotatable bonds is 7. The third-order valence-corrected chi connectivity index (χ3v) is 5.40. The maximum Gasteiger partial charge on any atom is 0.254 e. The fourth-order valence-electron chi connectivity index (χ4n) is 3.61. The van der Waals surface area contributed by atoms with Crippen molar-refractivity contribution in [1.82, 2.24) is 9.88 Å². The predicted molar refractivity (Wildman–Crippen MR) is 124 cm³/mol. The van der Waals surface area contributed by atoms with Crippen molar-refractivity contribution in [3.8, 4) is 11.5 Å². The molecule has 0 aliphatic rings. The topological polar surface area (TPSA) is 71.6 Å². The Hall–Kier alpha value is -4.13. The van der Waals surface area contributed by atoms with Crippen LogP contribution in [0.1, 0.15) is 21.5 Å². The molecule has 4 aromatic rings. The molecule has 168 valence electrons. The van der Waals surface area contributed by atoms with Crippen LogP contribution in [0.15, 0.2) is 77.6 Å². The summed E-state index contributed by atoms with van der Waals surface area (Å²) in [6, 6.07) is 19.8. The number of halogens is 1. The van der Waals surface area contributed by atoms with Gasteiger partial charge < -0.3 is 19.4 Å². The fraction of sp³-hybridized carbons (Fsp3) is 0.154. The number of carbonyl (C=O) groups excluding carboxylic acids is 1. The van der Waals surface area contributed by atoms with Gasteiger partial charge in [0.2, 0.25) is 0 Å². The molecular formula is C26H23FN2O4. The van der Waals surface area contributed by atoms with Gasteiger partial charge in [0.05, 0.1) is 20.8 Å². The summed E-state index contributed by atoms with van der Waals surface area (Å²) < 4.78 is 23.8. The first kappa shape index (κ1) is 22.1. The van der Waals surface area contributed by atoms with Gasteiger partial charge in [-0.3, -0.25) is 9.59 Å². The van der Waals surface area contributed by atoms with E-state index in [1.165, 1.54) is 12.1 Å². The van der Waals surface area contributed by atoms with E-state index in [0.29, 0.717) is 28.1 Å². The van der Waals surface area contributed by atoms with Crippen LogP contribution >= 0.6 is 0 Å². The first-order chi connectivity index (χ1) is 16.0. The van der Waals surface area contributed by atoms with Crippen LogP contribution in [0.5, 0.6) is 11.5 Å². The Morgan fingerprint density at radius 3 is 2.21 bits per heavy atom. The smallest absolute Gasteiger partial charge is 0.254 e. The monoisotopic (exact) mass is 446 g/mol. The number of aromatic nitrogens is 1. The lowest BCUT2D eigenvalue weighted by Crippen LogP contribution is -2.32. The number of H-pyrrole nitrogens is 1. The minimum Gasteiger partial charge on any atom is -0.497 e. The fourth-order valence-corrected chi connectivity index (χ4v) is 3.61. The zero-order valence-electron chi connectivity index (χ0n) is 18.3. The largest absolute Gasteiger partial charge is 0.497 e. The van der Waals surface area contributed by atoms with Crippen molar-refractivity contribution in [2.45, 2.75) is 13.1 Å². The van der Waals surface area contributed by atoms with Crippen LogP contribution in [0.2, 0.25) is 0 Å². The van der Waals surface area contributed by atoms with Gasteiger partial charge in [-0.05, 0) is 66.2 Å². The Bertz CT molecular complexity index is 1330. The molecule has 0 saturated heterocycles. The second-order valence-electron chi connectivity index (χ2n) is 7.59. The van der Waals surface area contributed by atoms with Crippen LogP contribution < -0.4 is 15.0 Å². The van der Waals surface area contributed by atoms with Crippen LogP contribution in [-0.4, -0.2) is 30.0 Å². The molecule has 33 heavy (non-hydrogen) atoms. The van der Waals surface area contributed by atoms with Crippen molar-refractivity contribution in [2.75, 3.05) is 14.2 Å². The van der Waals surface area contributed by atoms with Gasteiger partial charge in [-0.25, -0.2) is 4.39 Å². The molecule has 1 heterocycles. The first-order valence-electron chi connectivity index (χ1n) is 10.3. The summed E-state index contributed by atoms with van der Waals surface area (Å²) in [5, 5.41) is 0.794. The third-order valence-electron chi connectivity index (χ3n) is 5.40. The van der Waals surface area contributed by atoms with E-state index in [9.17, 15) is 14.0 Å². The highest BCUT2D eigenvalue weighted by Gasteiger charge is 2.19. The normalized spacial score (nSPS) is 10.8. The molecule has 1 aromatic heterocycles. The Morgan fingerprint density at radius 2 is 1.55 bits per heavy atom. The van der Waals surface area contributed by atoms with E-state index in [4.69, 9.17) is 9.47 Å². The van der Waals surface area contributed by atoms with Gasteiger partial charge >= 0.3 is 0 Å². The number of aromatic amines is 1. The van der Waals surface area contributed by atoms with Gasteiger partial charge in [0.1, 0.15) is 17.3 Å². The Balaban J connectivity index is 1.70. The molecular weight excluding hydrogens is 423 g/mol. The van der Waals surface area contributed by atoms with Crippen molar-refractivity contribution in [3.63, 3.8) is 0 Å². The number of methoxy groups -OCH3 is 2. The van der Waals surface area contributed by atoms with Gasteiger partial charge in [0.15, 0.2) is 0 Å². The summed E-state index contributed by atoms with van der Waals surface area (Å²) in [6.07, 6.45) is 0. The van der Waals surface area contributed by atoms with Crippen LogP contribution in [0, 0.1) is 5.82 Å². The van der Waals surface area contributed by atoms with Gasteiger partial charge in [-0.2, -0.15) is 0 Å². The number of hydrogen-bond acceptors (Lipinski definition) is 4. The molecule has 0 radical (unpaired) electrons. The zero-order valence-corrected chi connectivity index (χ0v) is 18.3. The number of nitrogens with one attached hydrogen (secondary N) is 1. The van der Waals surface area contributed by atoms with Gasteiger partial charge in [0.25, 0.3) is 11.5 Å². The second-order valence-corrected chi connectivity index (χ2v) is 7.59. The van der Waals surface area contributed by atoms with Crippen molar-refractivity contribution < 1.29 is 18.7 Å². The molecule has 0 atom stereocenters. The number of pyridine rings is 1. The standard InChI is InChI=1S/C26H23FN2O4/c1-32-22-9-5-18(6-10-22)26(31)29(15-17-3-7-21(27)8-4-17)16-20-13-19-14-23(33-2)11-12-24(19)28-25(20)30/h3-14H,15-16H2,1-2H3,(H,28,30). The Kier molecular flexibility index (Phi) is 6.40. The van der Waals surface area contributed by atoms with Gasteiger partial charge in [-0.15, -0.1) is 0 Å². The molecule has 3 aromatic carbocycles. The summed E-state index contributed by atoms with van der Waals surface area (Å²) in [5.74, 6) is 0.688. The molecule has 1 amide bonds. The molecule has 1 N–H and O–H groups in total. The Morgan fingerprint density at radius 1 is 0.879 bits per heavy atom. The number of amides is 1. The summed E-state index contributed by atoms with van der Waals surface area (Å²) in [6.45, 7) is 0.283.